The van der Waals surface area contributed by atoms with Crippen molar-refractivity contribution in [2.45, 2.75) is 26.2 Å². The first-order valence-electron chi connectivity index (χ1n) is 10.7. The van der Waals surface area contributed by atoms with Crippen LogP contribution in [0.15, 0.2) is 54.9 Å². The van der Waals surface area contributed by atoms with Crippen LogP contribution >= 0.6 is 0 Å². The van der Waals surface area contributed by atoms with Crippen molar-refractivity contribution in [3.05, 3.63) is 72.1 Å². The summed E-state index contributed by atoms with van der Waals surface area (Å²) in [5.41, 5.74) is 3.51. The standard InChI is InChI=1S/C24H25FN8/c1-15-27-14-33(31-15)19-11-7-17(8-12-19)28-23-29-21(26-4)20-22(30-23)32(13-24(20,2)3)18-9-5-16(25)6-10-18/h5-12,14H,13H2,1-4H3,(H2,26,28,29,30). The molecule has 0 radical (unpaired) electrons. The number of benzene rings is 2. The van der Waals surface area contributed by atoms with Crippen LogP contribution in [-0.4, -0.2) is 38.3 Å². The van der Waals surface area contributed by atoms with E-state index in [9.17, 15) is 4.39 Å². The Kier molecular flexibility index (Phi) is 4.96. The minimum atomic E-state index is -0.261. The van der Waals surface area contributed by atoms with Crippen LogP contribution in [-0.2, 0) is 5.41 Å². The van der Waals surface area contributed by atoms with Gasteiger partial charge in [0.05, 0.1) is 5.69 Å². The molecule has 0 saturated heterocycles. The lowest BCUT2D eigenvalue weighted by molar-refractivity contribution is 0.569. The molecule has 0 bridgehead atoms. The summed E-state index contributed by atoms with van der Waals surface area (Å²) in [5, 5.41) is 10.9. The van der Waals surface area contributed by atoms with Crippen molar-refractivity contribution in [3.8, 4) is 5.69 Å². The van der Waals surface area contributed by atoms with Gasteiger partial charge in [0.25, 0.3) is 0 Å². The van der Waals surface area contributed by atoms with Crippen molar-refractivity contribution in [2.24, 2.45) is 0 Å². The van der Waals surface area contributed by atoms with Gasteiger partial charge in [-0.2, -0.15) is 15.1 Å². The van der Waals surface area contributed by atoms with Gasteiger partial charge in [-0.25, -0.2) is 14.1 Å². The molecule has 4 aromatic rings. The Morgan fingerprint density at radius 1 is 0.970 bits per heavy atom. The van der Waals surface area contributed by atoms with Crippen molar-refractivity contribution in [2.75, 3.05) is 29.1 Å². The molecule has 2 aromatic heterocycles. The van der Waals surface area contributed by atoms with Crippen LogP contribution in [0.25, 0.3) is 5.69 Å². The highest BCUT2D eigenvalue weighted by Crippen LogP contribution is 2.46. The molecule has 0 fully saturated rings. The number of hydrogen-bond donors (Lipinski definition) is 2. The summed E-state index contributed by atoms with van der Waals surface area (Å²) in [6.45, 7) is 6.90. The van der Waals surface area contributed by atoms with Gasteiger partial charge in [0.2, 0.25) is 5.95 Å². The van der Waals surface area contributed by atoms with Crippen LogP contribution in [0, 0.1) is 12.7 Å². The van der Waals surface area contributed by atoms with E-state index in [2.05, 4.69) is 39.5 Å². The number of aromatic nitrogens is 5. The van der Waals surface area contributed by atoms with E-state index in [4.69, 9.17) is 9.97 Å². The van der Waals surface area contributed by atoms with E-state index in [1.807, 2.05) is 38.2 Å². The minimum Gasteiger partial charge on any atom is -0.373 e. The molecule has 1 aliphatic heterocycles. The first-order chi connectivity index (χ1) is 15.8. The Hall–Kier alpha value is -4.01. The molecule has 0 saturated carbocycles. The minimum absolute atomic E-state index is 0.182. The first kappa shape index (κ1) is 20.9. The number of nitrogens with one attached hydrogen (secondary N) is 2. The fourth-order valence-corrected chi connectivity index (χ4v) is 4.18. The second kappa shape index (κ2) is 7.84. The molecule has 0 atom stereocenters. The molecule has 2 N–H and O–H groups in total. The molecule has 33 heavy (non-hydrogen) atoms. The summed E-state index contributed by atoms with van der Waals surface area (Å²) in [6, 6.07) is 14.3. The van der Waals surface area contributed by atoms with Crippen molar-refractivity contribution in [1.82, 2.24) is 24.7 Å². The maximum atomic E-state index is 13.5. The van der Waals surface area contributed by atoms with E-state index in [1.165, 1.54) is 12.1 Å². The fraction of sp³-hybridized carbons (Fsp3) is 0.250. The van der Waals surface area contributed by atoms with Crippen LogP contribution < -0.4 is 15.5 Å². The Labute approximate surface area is 191 Å². The molecule has 5 rings (SSSR count). The Morgan fingerprint density at radius 3 is 2.30 bits per heavy atom. The summed E-state index contributed by atoms with van der Waals surface area (Å²) in [7, 11) is 1.86. The van der Waals surface area contributed by atoms with Crippen molar-refractivity contribution in [1.29, 1.82) is 0 Å². The predicted octanol–water partition coefficient (Wildman–Crippen LogP) is 4.72. The second-order valence-corrected chi connectivity index (χ2v) is 8.70. The summed E-state index contributed by atoms with van der Waals surface area (Å²) in [6.07, 6.45) is 1.69. The molecule has 0 amide bonds. The maximum Gasteiger partial charge on any atom is 0.231 e. The summed E-state index contributed by atoms with van der Waals surface area (Å²) in [5.74, 6) is 2.52. The fourth-order valence-electron chi connectivity index (χ4n) is 4.18. The van der Waals surface area contributed by atoms with Crippen molar-refractivity contribution in [3.63, 3.8) is 0 Å². The smallest absolute Gasteiger partial charge is 0.231 e. The zero-order valence-corrected chi connectivity index (χ0v) is 19.0. The molecular formula is C24H25FN8. The molecule has 0 spiro atoms. The quantitative estimate of drug-likeness (QED) is 0.461. The highest BCUT2D eigenvalue weighted by molar-refractivity contribution is 5.76. The van der Waals surface area contributed by atoms with E-state index in [0.717, 1.165) is 40.1 Å². The molecular weight excluding hydrogens is 419 g/mol. The number of fused-ring (bicyclic) bond motifs is 1. The number of rotatable bonds is 5. The van der Waals surface area contributed by atoms with Crippen LogP contribution in [0.5, 0.6) is 0 Å². The van der Waals surface area contributed by atoms with E-state index in [0.29, 0.717) is 12.5 Å². The highest BCUT2D eigenvalue weighted by Gasteiger charge is 2.40. The van der Waals surface area contributed by atoms with Gasteiger partial charge < -0.3 is 15.5 Å². The zero-order valence-electron chi connectivity index (χ0n) is 19.0. The van der Waals surface area contributed by atoms with E-state index < -0.39 is 0 Å². The number of aryl methyl sites for hydroxylation is 1. The average Bonchev–Trinajstić information content (AvgIpc) is 3.35. The van der Waals surface area contributed by atoms with Crippen LogP contribution in [0.2, 0.25) is 0 Å². The second-order valence-electron chi connectivity index (χ2n) is 8.70. The van der Waals surface area contributed by atoms with Gasteiger partial charge in [-0.15, -0.1) is 0 Å². The molecule has 0 unspecified atom stereocenters. The molecule has 8 nitrogen and oxygen atoms in total. The molecule has 2 aromatic carbocycles. The maximum absolute atomic E-state index is 13.5. The Balaban J connectivity index is 1.49. The average molecular weight is 445 g/mol. The topological polar surface area (TPSA) is 83.8 Å². The number of nitrogens with zero attached hydrogens (tertiary/aromatic N) is 6. The summed E-state index contributed by atoms with van der Waals surface area (Å²) in [4.78, 5) is 15.9. The zero-order chi connectivity index (χ0) is 23.2. The van der Waals surface area contributed by atoms with E-state index in [1.54, 1.807) is 23.1 Å². The number of anilines is 5. The first-order valence-corrected chi connectivity index (χ1v) is 10.7. The van der Waals surface area contributed by atoms with E-state index in [-0.39, 0.29) is 11.2 Å². The largest absolute Gasteiger partial charge is 0.373 e. The molecule has 1 aliphatic rings. The normalized spacial score (nSPS) is 14.3. The third kappa shape index (κ3) is 3.86. The molecule has 9 heteroatoms. The molecule has 0 aliphatic carbocycles. The Morgan fingerprint density at radius 2 is 1.67 bits per heavy atom. The lowest BCUT2D eigenvalue weighted by atomic mass is 9.88. The van der Waals surface area contributed by atoms with Gasteiger partial charge >= 0.3 is 0 Å². The van der Waals surface area contributed by atoms with Gasteiger partial charge in [-0.3, -0.25) is 0 Å². The van der Waals surface area contributed by atoms with Crippen LogP contribution in [0.1, 0.15) is 25.2 Å². The van der Waals surface area contributed by atoms with Crippen LogP contribution in [0.4, 0.5) is 33.3 Å². The number of halogens is 1. The van der Waals surface area contributed by atoms with E-state index >= 15 is 0 Å². The monoisotopic (exact) mass is 444 g/mol. The predicted molar refractivity (Wildman–Crippen MR) is 127 cm³/mol. The lowest BCUT2D eigenvalue weighted by Gasteiger charge is -2.21. The third-order valence-electron chi connectivity index (χ3n) is 5.75. The van der Waals surface area contributed by atoms with Crippen molar-refractivity contribution >= 4 is 29.0 Å². The number of hydrogen-bond acceptors (Lipinski definition) is 7. The van der Waals surface area contributed by atoms with Gasteiger partial charge in [0, 0.05) is 35.9 Å². The molecule has 168 valence electrons. The van der Waals surface area contributed by atoms with Gasteiger partial charge in [-0.05, 0) is 55.5 Å². The van der Waals surface area contributed by atoms with Crippen molar-refractivity contribution < 1.29 is 4.39 Å². The van der Waals surface area contributed by atoms with Gasteiger partial charge in [0.1, 0.15) is 29.6 Å². The molecule has 3 heterocycles. The lowest BCUT2D eigenvalue weighted by Crippen LogP contribution is -2.25. The third-order valence-corrected chi connectivity index (χ3v) is 5.75. The SMILES string of the molecule is CNc1nc(Nc2ccc(-n3cnc(C)n3)cc2)nc2c1C(C)(C)CN2c1ccc(F)cc1. The van der Waals surface area contributed by atoms with Crippen LogP contribution in [0.3, 0.4) is 0 Å². The van der Waals surface area contributed by atoms with Gasteiger partial charge in [-0.1, -0.05) is 13.8 Å². The Bertz CT molecular complexity index is 1300. The summed E-state index contributed by atoms with van der Waals surface area (Å²) >= 11 is 0. The van der Waals surface area contributed by atoms with Gasteiger partial charge in [0.15, 0.2) is 0 Å². The highest BCUT2D eigenvalue weighted by atomic mass is 19.1. The summed E-state index contributed by atoms with van der Waals surface area (Å²) < 4.78 is 15.2.